The molecule has 0 radical (unpaired) electrons. The first-order chi connectivity index (χ1) is 9.81. The van der Waals surface area contributed by atoms with Crippen LogP contribution in [0.25, 0.3) is 0 Å². The number of benzene rings is 1. The number of carbonyl (C=O) groups is 1. The molecular weight excluding hydrogens is 286 g/mol. The van der Waals surface area contributed by atoms with E-state index in [-0.39, 0.29) is 16.8 Å². The fourth-order valence-electron chi connectivity index (χ4n) is 2.10. The predicted molar refractivity (Wildman–Crippen MR) is 85.2 cm³/mol. The summed E-state index contributed by atoms with van der Waals surface area (Å²) in [4.78, 5) is 14.7. The Hall–Kier alpha value is -1.36. The van der Waals surface area contributed by atoms with E-state index in [0.717, 1.165) is 25.5 Å². The van der Waals surface area contributed by atoms with Gasteiger partial charge in [-0.15, -0.1) is 0 Å². The van der Waals surface area contributed by atoms with Crippen molar-refractivity contribution in [1.29, 1.82) is 0 Å². The smallest absolute Gasteiger partial charge is 0.254 e. The average Bonchev–Trinajstić information content (AvgIpc) is 2.46. The largest absolute Gasteiger partial charge is 0.336 e. The van der Waals surface area contributed by atoms with E-state index in [9.17, 15) is 13.2 Å². The van der Waals surface area contributed by atoms with Crippen molar-refractivity contribution in [3.63, 3.8) is 0 Å². The third kappa shape index (κ3) is 4.84. The monoisotopic (exact) mass is 311 g/mol. The highest BCUT2D eigenvalue weighted by Gasteiger charge is 2.21. The Morgan fingerprint density at radius 3 is 2.48 bits per heavy atom. The van der Waals surface area contributed by atoms with Gasteiger partial charge in [-0.1, -0.05) is 26.3 Å². The summed E-state index contributed by atoms with van der Waals surface area (Å²) in [7, 11) is -3.30. The van der Waals surface area contributed by atoms with Gasteiger partial charge in [-0.25, -0.2) is 8.42 Å². The van der Waals surface area contributed by atoms with Crippen LogP contribution in [-0.4, -0.2) is 38.1 Å². The molecular formula is C16H25NO3S. The van der Waals surface area contributed by atoms with E-state index in [1.165, 1.54) is 12.1 Å². The van der Waals surface area contributed by atoms with Crippen molar-refractivity contribution < 1.29 is 13.2 Å². The van der Waals surface area contributed by atoms with Gasteiger partial charge in [0.15, 0.2) is 9.84 Å². The molecule has 0 unspecified atom stereocenters. The topological polar surface area (TPSA) is 54.5 Å². The third-order valence-corrected chi connectivity index (χ3v) is 4.76. The lowest BCUT2D eigenvalue weighted by Gasteiger charge is -2.28. The zero-order valence-corrected chi connectivity index (χ0v) is 14.1. The molecule has 4 nitrogen and oxygen atoms in total. The van der Waals surface area contributed by atoms with Crippen LogP contribution in [-0.2, 0) is 9.84 Å². The highest BCUT2D eigenvalue weighted by Crippen LogP contribution is 2.16. The number of carbonyl (C=O) groups excluding carboxylic acids is 1. The molecule has 1 aromatic carbocycles. The van der Waals surface area contributed by atoms with Crippen LogP contribution in [0.5, 0.6) is 0 Å². The van der Waals surface area contributed by atoms with E-state index in [2.05, 4.69) is 6.92 Å². The minimum absolute atomic E-state index is 0.0942. The van der Waals surface area contributed by atoms with Gasteiger partial charge in [0.2, 0.25) is 0 Å². The molecule has 0 aromatic heterocycles. The first-order valence-electron chi connectivity index (χ1n) is 7.42. The number of sulfone groups is 1. The summed E-state index contributed by atoms with van der Waals surface area (Å²) in [6.45, 7) is 6.86. The quantitative estimate of drug-likeness (QED) is 0.777. The van der Waals surface area contributed by atoms with Gasteiger partial charge in [0.25, 0.3) is 5.91 Å². The molecule has 0 saturated heterocycles. The Labute approximate surface area is 128 Å². The van der Waals surface area contributed by atoms with Crippen LogP contribution in [0.2, 0.25) is 0 Å². The van der Waals surface area contributed by atoms with Gasteiger partial charge < -0.3 is 4.90 Å². The molecule has 0 aliphatic heterocycles. The zero-order chi connectivity index (χ0) is 16.0. The van der Waals surface area contributed by atoms with E-state index in [1.807, 2.05) is 18.7 Å². The Morgan fingerprint density at radius 2 is 1.95 bits per heavy atom. The van der Waals surface area contributed by atoms with Gasteiger partial charge in [0, 0.05) is 24.4 Å². The lowest BCUT2D eigenvalue weighted by Crippen LogP contribution is -2.39. The van der Waals surface area contributed by atoms with Crippen LogP contribution in [0, 0.1) is 0 Å². The van der Waals surface area contributed by atoms with Crippen molar-refractivity contribution in [3.05, 3.63) is 29.8 Å². The predicted octanol–water partition coefficient (Wildman–Crippen LogP) is 3.13. The molecule has 0 fully saturated rings. The van der Waals surface area contributed by atoms with E-state index in [4.69, 9.17) is 0 Å². The average molecular weight is 311 g/mol. The zero-order valence-electron chi connectivity index (χ0n) is 13.3. The maximum atomic E-state index is 12.7. The Morgan fingerprint density at radius 1 is 1.29 bits per heavy atom. The summed E-state index contributed by atoms with van der Waals surface area (Å²) in [6.07, 6.45) is 3.99. The highest BCUT2D eigenvalue weighted by atomic mass is 32.2. The molecule has 0 heterocycles. The lowest BCUT2D eigenvalue weighted by atomic mass is 10.1. The summed E-state index contributed by atoms with van der Waals surface area (Å²) in [5.74, 6) is -0.0942. The molecule has 1 rings (SSSR count). The molecule has 1 amide bonds. The minimum Gasteiger partial charge on any atom is -0.336 e. The maximum Gasteiger partial charge on any atom is 0.254 e. The van der Waals surface area contributed by atoms with Crippen molar-refractivity contribution in [2.45, 2.75) is 51.0 Å². The van der Waals surface area contributed by atoms with Crippen molar-refractivity contribution >= 4 is 15.7 Å². The van der Waals surface area contributed by atoms with Crippen LogP contribution >= 0.6 is 0 Å². The van der Waals surface area contributed by atoms with Gasteiger partial charge in [-0.3, -0.25) is 4.79 Å². The second-order valence-electron chi connectivity index (χ2n) is 5.41. The summed E-state index contributed by atoms with van der Waals surface area (Å²) in [6, 6.07) is 6.44. The van der Waals surface area contributed by atoms with Gasteiger partial charge in [0.05, 0.1) is 4.90 Å². The molecule has 1 aromatic rings. The minimum atomic E-state index is -3.30. The summed E-state index contributed by atoms with van der Waals surface area (Å²) < 4.78 is 23.2. The Bertz CT molecular complexity index is 581. The fourth-order valence-corrected chi connectivity index (χ4v) is 2.76. The van der Waals surface area contributed by atoms with Gasteiger partial charge in [-0.2, -0.15) is 0 Å². The number of hydrogen-bond donors (Lipinski definition) is 0. The number of unbranched alkanes of at least 4 members (excludes halogenated alkanes) is 1. The maximum absolute atomic E-state index is 12.7. The molecule has 0 spiro atoms. The number of rotatable bonds is 7. The fraction of sp³-hybridized carbons (Fsp3) is 0.562. The molecule has 0 saturated carbocycles. The first-order valence-corrected chi connectivity index (χ1v) is 9.31. The van der Waals surface area contributed by atoms with Crippen LogP contribution in [0.15, 0.2) is 29.2 Å². The molecule has 0 aliphatic carbocycles. The number of amides is 1. The molecule has 0 N–H and O–H groups in total. The summed E-state index contributed by atoms with van der Waals surface area (Å²) >= 11 is 0. The van der Waals surface area contributed by atoms with Crippen LogP contribution < -0.4 is 0 Å². The molecule has 5 heteroatoms. The second kappa shape index (κ2) is 7.59. The molecule has 0 aliphatic rings. The number of nitrogens with zero attached hydrogens (tertiary/aromatic N) is 1. The normalized spacial score (nSPS) is 13.0. The van der Waals surface area contributed by atoms with Crippen LogP contribution in [0.4, 0.5) is 0 Å². The van der Waals surface area contributed by atoms with Gasteiger partial charge in [0.1, 0.15) is 0 Å². The third-order valence-electron chi connectivity index (χ3n) is 3.65. The second-order valence-corrected chi connectivity index (χ2v) is 7.43. The van der Waals surface area contributed by atoms with Crippen molar-refractivity contribution in [1.82, 2.24) is 4.90 Å². The molecule has 1 atom stereocenters. The van der Waals surface area contributed by atoms with Crippen LogP contribution in [0.1, 0.15) is 50.4 Å². The molecule has 0 bridgehead atoms. The van der Waals surface area contributed by atoms with Gasteiger partial charge >= 0.3 is 0 Å². The first kappa shape index (κ1) is 17.7. The van der Waals surface area contributed by atoms with Crippen molar-refractivity contribution in [2.24, 2.45) is 0 Å². The Kier molecular flexibility index (Phi) is 6.40. The molecule has 21 heavy (non-hydrogen) atoms. The van der Waals surface area contributed by atoms with Crippen molar-refractivity contribution in [2.75, 3.05) is 12.8 Å². The van der Waals surface area contributed by atoms with Gasteiger partial charge in [-0.05, 0) is 38.0 Å². The van der Waals surface area contributed by atoms with Crippen LogP contribution in [0.3, 0.4) is 0 Å². The lowest BCUT2D eigenvalue weighted by molar-refractivity contribution is 0.0685. The standard InChI is InChI=1S/C16H25NO3S/c1-5-7-11-17(13(3)6-2)16(18)14-9-8-10-15(12-14)21(4,19)20/h8-10,12-13H,5-7,11H2,1-4H3/t13-/m0/s1. The highest BCUT2D eigenvalue weighted by molar-refractivity contribution is 7.90. The Balaban J connectivity index is 3.09. The van der Waals surface area contributed by atoms with Crippen molar-refractivity contribution in [3.8, 4) is 0 Å². The van der Waals surface area contributed by atoms with E-state index in [1.54, 1.807) is 12.1 Å². The SMILES string of the molecule is CCCCN(C(=O)c1cccc(S(C)(=O)=O)c1)[C@@H](C)CC. The summed E-state index contributed by atoms with van der Waals surface area (Å²) in [5.41, 5.74) is 0.439. The van der Waals surface area contributed by atoms with E-state index < -0.39 is 9.84 Å². The summed E-state index contributed by atoms with van der Waals surface area (Å²) in [5, 5.41) is 0. The number of hydrogen-bond acceptors (Lipinski definition) is 3. The van der Waals surface area contributed by atoms with E-state index >= 15 is 0 Å². The van der Waals surface area contributed by atoms with E-state index in [0.29, 0.717) is 12.1 Å². The molecule has 118 valence electrons.